The number of aromatic nitrogens is 2. The molecule has 2 saturated heterocycles. The van der Waals surface area contributed by atoms with Crippen molar-refractivity contribution in [1.82, 2.24) is 20.0 Å². The molecule has 0 aromatic carbocycles. The average Bonchev–Trinajstić information content (AvgIpc) is 3.07. The highest BCUT2D eigenvalue weighted by atomic mass is 19.1. The van der Waals surface area contributed by atoms with Gasteiger partial charge in [0.2, 0.25) is 5.91 Å². The number of piperidine rings is 1. The van der Waals surface area contributed by atoms with E-state index in [1.54, 1.807) is 0 Å². The Balaban J connectivity index is 1.54. The smallest absolute Gasteiger partial charge is 0.239 e. The summed E-state index contributed by atoms with van der Waals surface area (Å²) in [5.41, 5.74) is 1.25. The zero-order chi connectivity index (χ0) is 14.1. The first-order chi connectivity index (χ1) is 9.63. The molecule has 0 spiro atoms. The Hall–Kier alpha value is -1.43. The molecule has 3 heterocycles. The summed E-state index contributed by atoms with van der Waals surface area (Å²) < 4.78 is 15.0. The summed E-state index contributed by atoms with van der Waals surface area (Å²) in [6.45, 7) is 1.82. The van der Waals surface area contributed by atoms with Gasteiger partial charge in [-0.25, -0.2) is 4.39 Å². The lowest BCUT2D eigenvalue weighted by Gasteiger charge is -2.33. The lowest BCUT2D eigenvalue weighted by atomic mass is 9.91. The van der Waals surface area contributed by atoms with Crippen molar-refractivity contribution < 1.29 is 9.18 Å². The first kappa shape index (κ1) is 13.5. The van der Waals surface area contributed by atoms with E-state index < -0.39 is 6.17 Å². The fraction of sp³-hybridized carbons (Fsp3) is 0.714. The molecule has 1 amide bonds. The topological polar surface area (TPSA) is 50.2 Å². The van der Waals surface area contributed by atoms with E-state index >= 15 is 0 Å². The van der Waals surface area contributed by atoms with Crippen LogP contribution in [0.25, 0.3) is 0 Å². The lowest BCUT2D eigenvalue weighted by molar-refractivity contribution is -0.134. The van der Waals surface area contributed by atoms with Crippen LogP contribution in [0.5, 0.6) is 0 Å². The van der Waals surface area contributed by atoms with E-state index in [2.05, 4.69) is 10.4 Å². The normalized spacial score (nSPS) is 28.0. The molecule has 110 valence electrons. The average molecular weight is 280 g/mol. The van der Waals surface area contributed by atoms with Crippen molar-refractivity contribution in [3.63, 3.8) is 0 Å². The summed E-state index contributed by atoms with van der Waals surface area (Å²) in [4.78, 5) is 14.2. The third-order valence-corrected chi connectivity index (χ3v) is 4.38. The molecule has 0 radical (unpaired) electrons. The molecule has 2 aliphatic heterocycles. The van der Waals surface area contributed by atoms with Gasteiger partial charge in [-0.1, -0.05) is 0 Å². The Kier molecular flexibility index (Phi) is 3.74. The van der Waals surface area contributed by atoms with Crippen LogP contribution in [0.3, 0.4) is 0 Å². The fourth-order valence-electron chi connectivity index (χ4n) is 3.19. The van der Waals surface area contributed by atoms with Crippen LogP contribution >= 0.6 is 0 Å². The molecule has 1 aromatic rings. The van der Waals surface area contributed by atoms with Crippen molar-refractivity contribution in [2.24, 2.45) is 7.05 Å². The highest BCUT2D eigenvalue weighted by Crippen LogP contribution is 2.28. The Labute approximate surface area is 118 Å². The van der Waals surface area contributed by atoms with E-state index in [9.17, 15) is 9.18 Å². The van der Waals surface area contributed by atoms with Crippen LogP contribution in [0.1, 0.15) is 30.7 Å². The molecule has 0 saturated carbocycles. The maximum absolute atomic E-state index is 13.1. The van der Waals surface area contributed by atoms with Crippen LogP contribution in [-0.4, -0.2) is 52.4 Å². The van der Waals surface area contributed by atoms with Crippen molar-refractivity contribution in [2.45, 2.75) is 37.4 Å². The molecule has 2 atom stereocenters. The molecule has 2 aliphatic rings. The van der Waals surface area contributed by atoms with Crippen molar-refractivity contribution in [1.29, 1.82) is 0 Å². The summed E-state index contributed by atoms with van der Waals surface area (Å²) in [6.07, 6.45) is 5.33. The number of carbonyl (C=O) groups is 1. The number of amides is 1. The number of nitrogens with zero attached hydrogens (tertiary/aromatic N) is 3. The van der Waals surface area contributed by atoms with E-state index in [0.717, 1.165) is 25.9 Å². The molecular weight excluding hydrogens is 259 g/mol. The number of halogens is 1. The Morgan fingerprint density at radius 3 is 2.75 bits per heavy atom. The van der Waals surface area contributed by atoms with Gasteiger partial charge in [-0.15, -0.1) is 0 Å². The largest absolute Gasteiger partial charge is 0.341 e. The predicted octanol–water partition coefficient (Wildman–Crippen LogP) is 0.826. The number of nitrogens with one attached hydrogen (secondary N) is 1. The van der Waals surface area contributed by atoms with Gasteiger partial charge >= 0.3 is 0 Å². The van der Waals surface area contributed by atoms with Gasteiger partial charge in [0.15, 0.2) is 0 Å². The minimum Gasteiger partial charge on any atom is -0.341 e. The van der Waals surface area contributed by atoms with E-state index in [1.807, 2.05) is 29.0 Å². The monoisotopic (exact) mass is 280 g/mol. The molecule has 6 heteroatoms. The quantitative estimate of drug-likeness (QED) is 0.873. The molecule has 5 nitrogen and oxygen atoms in total. The summed E-state index contributed by atoms with van der Waals surface area (Å²) in [5.74, 6) is 0.549. The van der Waals surface area contributed by atoms with Crippen LogP contribution in [0.2, 0.25) is 0 Å². The molecule has 0 bridgehead atoms. The Bertz CT molecular complexity index is 481. The fourth-order valence-corrected chi connectivity index (χ4v) is 3.19. The van der Waals surface area contributed by atoms with Crippen molar-refractivity contribution >= 4 is 5.91 Å². The zero-order valence-corrected chi connectivity index (χ0v) is 11.8. The summed E-state index contributed by atoms with van der Waals surface area (Å²) in [6, 6.07) is -0.319. The minimum atomic E-state index is -0.878. The van der Waals surface area contributed by atoms with Crippen LogP contribution in [0.4, 0.5) is 4.39 Å². The van der Waals surface area contributed by atoms with Crippen LogP contribution in [0.15, 0.2) is 12.4 Å². The van der Waals surface area contributed by atoms with E-state index in [-0.39, 0.29) is 11.9 Å². The number of hydrogen-bond donors (Lipinski definition) is 1. The second-order valence-corrected chi connectivity index (χ2v) is 5.84. The van der Waals surface area contributed by atoms with Crippen molar-refractivity contribution in [3.8, 4) is 0 Å². The van der Waals surface area contributed by atoms with Crippen LogP contribution < -0.4 is 5.32 Å². The number of aryl methyl sites for hydroxylation is 1. The SMILES string of the molecule is Cn1cc(C2CCN(C(=O)[C@H]3C[C@H](F)CN3)CC2)cn1. The second-order valence-electron chi connectivity index (χ2n) is 5.84. The van der Waals surface area contributed by atoms with Gasteiger partial charge < -0.3 is 10.2 Å². The number of alkyl halides is 1. The summed E-state index contributed by atoms with van der Waals surface area (Å²) in [7, 11) is 1.92. The summed E-state index contributed by atoms with van der Waals surface area (Å²) in [5, 5.41) is 7.17. The predicted molar refractivity (Wildman–Crippen MR) is 73.1 cm³/mol. The van der Waals surface area contributed by atoms with Gasteiger partial charge in [0.05, 0.1) is 12.2 Å². The Morgan fingerprint density at radius 1 is 1.45 bits per heavy atom. The molecule has 0 aliphatic carbocycles. The van der Waals surface area contributed by atoms with E-state index in [1.165, 1.54) is 5.56 Å². The third kappa shape index (κ3) is 2.70. The van der Waals surface area contributed by atoms with Gasteiger partial charge in [-0.2, -0.15) is 5.10 Å². The number of hydrogen-bond acceptors (Lipinski definition) is 3. The van der Waals surface area contributed by atoms with Gasteiger partial charge in [0.1, 0.15) is 6.17 Å². The number of carbonyl (C=O) groups excluding carboxylic acids is 1. The van der Waals surface area contributed by atoms with Crippen molar-refractivity contribution in [2.75, 3.05) is 19.6 Å². The molecule has 1 aromatic heterocycles. The standard InChI is InChI=1S/C14H21FN4O/c1-18-9-11(7-17-18)10-2-4-19(5-3-10)14(20)13-6-12(15)8-16-13/h7,9-10,12-13,16H,2-6,8H2,1H3/t12-,13+/m0/s1. The highest BCUT2D eigenvalue weighted by Gasteiger charge is 2.34. The van der Waals surface area contributed by atoms with Gasteiger partial charge in [0.25, 0.3) is 0 Å². The first-order valence-corrected chi connectivity index (χ1v) is 7.28. The minimum absolute atomic E-state index is 0.0646. The number of rotatable bonds is 2. The van der Waals surface area contributed by atoms with Gasteiger partial charge in [-0.3, -0.25) is 9.48 Å². The van der Waals surface area contributed by atoms with E-state index in [4.69, 9.17) is 0 Å². The summed E-state index contributed by atoms with van der Waals surface area (Å²) >= 11 is 0. The molecule has 0 unspecified atom stereocenters. The third-order valence-electron chi connectivity index (χ3n) is 4.38. The van der Waals surface area contributed by atoms with Gasteiger partial charge in [0, 0.05) is 39.3 Å². The van der Waals surface area contributed by atoms with Crippen molar-refractivity contribution in [3.05, 3.63) is 18.0 Å². The first-order valence-electron chi connectivity index (χ1n) is 7.28. The second kappa shape index (κ2) is 5.52. The van der Waals surface area contributed by atoms with E-state index in [0.29, 0.717) is 18.9 Å². The van der Waals surface area contributed by atoms with Crippen LogP contribution in [-0.2, 0) is 11.8 Å². The molecule has 20 heavy (non-hydrogen) atoms. The maximum atomic E-state index is 13.1. The Morgan fingerprint density at radius 2 is 2.20 bits per heavy atom. The lowest BCUT2D eigenvalue weighted by Crippen LogP contribution is -2.46. The molecule has 2 fully saturated rings. The maximum Gasteiger partial charge on any atom is 0.239 e. The number of likely N-dealkylation sites (tertiary alicyclic amines) is 1. The molecule has 1 N–H and O–H groups in total. The van der Waals surface area contributed by atoms with Gasteiger partial charge in [-0.05, 0) is 24.3 Å². The zero-order valence-electron chi connectivity index (χ0n) is 11.8. The molecular formula is C14H21FN4O. The molecule has 3 rings (SSSR count). The van der Waals surface area contributed by atoms with Crippen LogP contribution in [0, 0.1) is 0 Å². The highest BCUT2D eigenvalue weighted by molar-refractivity contribution is 5.82.